The maximum absolute atomic E-state index is 12.4. The lowest BCUT2D eigenvalue weighted by Gasteiger charge is -2.38. The van der Waals surface area contributed by atoms with Gasteiger partial charge in [0.05, 0.1) is 24.1 Å². The Labute approximate surface area is 108 Å². The smallest absolute Gasteiger partial charge is 0.408 e. The first-order valence-corrected chi connectivity index (χ1v) is 6.00. The molecule has 0 aliphatic carbocycles. The number of aromatic nitrogens is 1. The number of ether oxygens (including phenoxy) is 1. The van der Waals surface area contributed by atoms with Crippen LogP contribution in [0.2, 0.25) is 0 Å². The SMILES string of the molecule is Cn1c(=O)oc2cc(C(=O)C3(CN)COC3)ccc21. The van der Waals surface area contributed by atoms with Gasteiger partial charge in [-0.2, -0.15) is 0 Å². The van der Waals surface area contributed by atoms with E-state index in [1.165, 1.54) is 4.57 Å². The number of oxazole rings is 1. The Kier molecular flexibility index (Phi) is 2.58. The van der Waals surface area contributed by atoms with Crippen LogP contribution in [-0.2, 0) is 11.8 Å². The number of ketones is 1. The fraction of sp³-hybridized carbons (Fsp3) is 0.385. The van der Waals surface area contributed by atoms with Crippen LogP contribution in [0.15, 0.2) is 27.4 Å². The first-order chi connectivity index (χ1) is 9.07. The molecule has 2 aromatic rings. The third kappa shape index (κ3) is 1.64. The van der Waals surface area contributed by atoms with E-state index in [0.717, 1.165) is 0 Å². The summed E-state index contributed by atoms with van der Waals surface area (Å²) in [6, 6.07) is 4.99. The predicted octanol–water partition coefficient (Wildman–Crippen LogP) is 0.289. The Balaban J connectivity index is 2.06. The van der Waals surface area contributed by atoms with E-state index in [0.29, 0.717) is 29.9 Å². The van der Waals surface area contributed by atoms with E-state index < -0.39 is 11.2 Å². The Bertz CT molecular complexity index is 703. The van der Waals surface area contributed by atoms with Crippen molar-refractivity contribution >= 4 is 16.9 Å². The summed E-state index contributed by atoms with van der Waals surface area (Å²) in [5.74, 6) is -0.505. The molecule has 2 heterocycles. The van der Waals surface area contributed by atoms with Gasteiger partial charge >= 0.3 is 5.76 Å². The highest BCUT2D eigenvalue weighted by Crippen LogP contribution is 2.31. The van der Waals surface area contributed by atoms with Gasteiger partial charge in [-0.05, 0) is 18.2 Å². The number of aryl methyl sites for hydroxylation is 1. The summed E-state index contributed by atoms with van der Waals surface area (Å²) in [4.78, 5) is 23.8. The van der Waals surface area contributed by atoms with Crippen molar-refractivity contribution in [1.29, 1.82) is 0 Å². The topological polar surface area (TPSA) is 87.5 Å². The van der Waals surface area contributed by atoms with Crippen LogP contribution in [0.1, 0.15) is 10.4 Å². The number of carbonyl (C=O) groups excluding carboxylic acids is 1. The van der Waals surface area contributed by atoms with Crippen LogP contribution in [-0.4, -0.2) is 30.1 Å². The highest BCUT2D eigenvalue weighted by atomic mass is 16.5. The molecule has 1 aromatic heterocycles. The van der Waals surface area contributed by atoms with Crippen LogP contribution in [0.5, 0.6) is 0 Å². The summed E-state index contributed by atoms with van der Waals surface area (Å²) < 4.78 is 11.6. The second kappa shape index (κ2) is 4.04. The second-order valence-electron chi connectivity index (χ2n) is 4.92. The van der Waals surface area contributed by atoms with Crippen LogP contribution < -0.4 is 11.5 Å². The van der Waals surface area contributed by atoms with Crippen molar-refractivity contribution < 1.29 is 13.9 Å². The van der Waals surface area contributed by atoms with E-state index >= 15 is 0 Å². The standard InChI is InChI=1S/C13H14N2O4/c1-15-9-3-2-8(4-10(9)19-12(15)17)11(16)13(5-14)6-18-7-13/h2-4H,5-7,14H2,1H3. The largest absolute Gasteiger partial charge is 0.419 e. The number of hydrogen-bond acceptors (Lipinski definition) is 5. The summed E-state index contributed by atoms with van der Waals surface area (Å²) in [5.41, 5.74) is 6.61. The zero-order chi connectivity index (χ0) is 13.6. The lowest BCUT2D eigenvalue weighted by Crippen LogP contribution is -2.54. The molecular weight excluding hydrogens is 248 g/mol. The van der Waals surface area contributed by atoms with Crippen molar-refractivity contribution in [2.45, 2.75) is 0 Å². The number of hydrogen-bond donors (Lipinski definition) is 1. The minimum absolute atomic E-state index is 0.0605. The van der Waals surface area contributed by atoms with Crippen LogP contribution in [0, 0.1) is 5.41 Å². The highest BCUT2D eigenvalue weighted by molar-refractivity contribution is 6.03. The van der Waals surface area contributed by atoms with Gasteiger partial charge in [0, 0.05) is 19.2 Å². The molecule has 0 amide bonds. The van der Waals surface area contributed by atoms with E-state index in [4.69, 9.17) is 14.9 Å². The molecule has 6 heteroatoms. The van der Waals surface area contributed by atoms with Gasteiger partial charge in [0.15, 0.2) is 11.4 Å². The normalized spacial score (nSPS) is 17.4. The Hall–Kier alpha value is -1.92. The molecule has 0 radical (unpaired) electrons. The third-order valence-electron chi connectivity index (χ3n) is 3.68. The molecule has 19 heavy (non-hydrogen) atoms. The van der Waals surface area contributed by atoms with Gasteiger partial charge in [0.2, 0.25) is 0 Å². The molecule has 0 saturated carbocycles. The zero-order valence-corrected chi connectivity index (χ0v) is 10.5. The summed E-state index contributed by atoms with van der Waals surface area (Å²) in [6.45, 7) is 0.945. The van der Waals surface area contributed by atoms with E-state index in [-0.39, 0.29) is 12.3 Å². The Morgan fingerprint density at radius 1 is 1.47 bits per heavy atom. The molecular formula is C13H14N2O4. The van der Waals surface area contributed by atoms with Gasteiger partial charge in [0.25, 0.3) is 0 Å². The quantitative estimate of drug-likeness (QED) is 0.803. The van der Waals surface area contributed by atoms with E-state index in [9.17, 15) is 9.59 Å². The summed E-state index contributed by atoms with van der Waals surface area (Å²) >= 11 is 0. The highest BCUT2D eigenvalue weighted by Gasteiger charge is 2.44. The fourth-order valence-electron chi connectivity index (χ4n) is 2.27. The fourth-order valence-corrected chi connectivity index (χ4v) is 2.27. The van der Waals surface area contributed by atoms with Crippen molar-refractivity contribution in [1.82, 2.24) is 4.57 Å². The first kappa shape index (κ1) is 12.1. The maximum Gasteiger partial charge on any atom is 0.419 e. The molecule has 0 atom stereocenters. The number of rotatable bonds is 3. The summed E-state index contributed by atoms with van der Waals surface area (Å²) in [5, 5.41) is 0. The number of nitrogens with zero attached hydrogens (tertiary/aromatic N) is 1. The van der Waals surface area contributed by atoms with Crippen molar-refractivity contribution in [2.75, 3.05) is 19.8 Å². The van der Waals surface area contributed by atoms with E-state index in [1.54, 1.807) is 25.2 Å². The molecule has 0 unspecified atom stereocenters. The van der Waals surface area contributed by atoms with Crippen molar-refractivity contribution in [2.24, 2.45) is 18.2 Å². The van der Waals surface area contributed by atoms with Gasteiger partial charge in [-0.25, -0.2) is 4.79 Å². The number of benzene rings is 1. The number of nitrogens with two attached hydrogens (primary N) is 1. The average molecular weight is 262 g/mol. The Morgan fingerprint density at radius 2 is 2.21 bits per heavy atom. The molecule has 2 N–H and O–H groups in total. The van der Waals surface area contributed by atoms with Crippen LogP contribution in [0.4, 0.5) is 0 Å². The van der Waals surface area contributed by atoms with Gasteiger partial charge in [0.1, 0.15) is 0 Å². The third-order valence-corrected chi connectivity index (χ3v) is 3.68. The maximum atomic E-state index is 12.4. The minimum Gasteiger partial charge on any atom is -0.408 e. The van der Waals surface area contributed by atoms with Gasteiger partial charge in [-0.15, -0.1) is 0 Å². The Morgan fingerprint density at radius 3 is 2.79 bits per heavy atom. The number of carbonyl (C=O) groups is 1. The predicted molar refractivity (Wildman–Crippen MR) is 68.1 cm³/mol. The van der Waals surface area contributed by atoms with E-state index in [2.05, 4.69) is 0 Å². The van der Waals surface area contributed by atoms with Crippen LogP contribution in [0.3, 0.4) is 0 Å². The van der Waals surface area contributed by atoms with E-state index in [1.807, 2.05) is 0 Å². The molecule has 6 nitrogen and oxygen atoms in total. The second-order valence-corrected chi connectivity index (χ2v) is 4.92. The molecule has 1 fully saturated rings. The van der Waals surface area contributed by atoms with Gasteiger partial charge in [-0.1, -0.05) is 0 Å². The van der Waals surface area contributed by atoms with Crippen molar-refractivity contribution in [3.63, 3.8) is 0 Å². The van der Waals surface area contributed by atoms with Gasteiger partial charge < -0.3 is 14.9 Å². The molecule has 1 saturated heterocycles. The number of fused-ring (bicyclic) bond motifs is 1. The lowest BCUT2D eigenvalue weighted by molar-refractivity contribution is -0.0816. The molecule has 1 aliphatic heterocycles. The first-order valence-electron chi connectivity index (χ1n) is 6.00. The van der Waals surface area contributed by atoms with Crippen molar-refractivity contribution in [3.05, 3.63) is 34.3 Å². The minimum atomic E-state index is -0.622. The summed E-state index contributed by atoms with van der Waals surface area (Å²) in [6.07, 6.45) is 0. The monoisotopic (exact) mass is 262 g/mol. The van der Waals surface area contributed by atoms with Gasteiger partial charge in [-0.3, -0.25) is 9.36 Å². The molecule has 1 aromatic carbocycles. The number of Topliss-reactive ketones (excluding diaryl/α,β-unsaturated/α-hetero) is 1. The lowest BCUT2D eigenvalue weighted by atomic mass is 9.78. The average Bonchev–Trinajstić information content (AvgIpc) is 2.64. The molecule has 1 aliphatic rings. The zero-order valence-electron chi connectivity index (χ0n) is 10.5. The van der Waals surface area contributed by atoms with Crippen LogP contribution >= 0.6 is 0 Å². The molecule has 0 bridgehead atoms. The molecule has 3 rings (SSSR count). The van der Waals surface area contributed by atoms with Crippen LogP contribution in [0.25, 0.3) is 11.1 Å². The molecule has 100 valence electrons. The molecule has 0 spiro atoms. The summed E-state index contributed by atoms with van der Waals surface area (Å²) in [7, 11) is 1.62. The van der Waals surface area contributed by atoms with Crippen molar-refractivity contribution in [3.8, 4) is 0 Å².